The number of hydrogen-bond acceptors (Lipinski definition) is 5. The Bertz CT molecular complexity index is 606. The summed E-state index contributed by atoms with van der Waals surface area (Å²) in [5, 5.41) is 14.4. The van der Waals surface area contributed by atoms with Crippen molar-refractivity contribution >= 4 is 23.9 Å². The number of aliphatic carboxylic acids is 1. The number of carbonyl (C=O) groups is 4. The molecule has 0 aliphatic carbocycles. The highest BCUT2D eigenvalue weighted by molar-refractivity contribution is 5.87. The van der Waals surface area contributed by atoms with E-state index in [1.54, 1.807) is 32.6 Å². The molecule has 0 aromatic carbocycles. The van der Waals surface area contributed by atoms with Crippen molar-refractivity contribution in [1.82, 2.24) is 15.5 Å². The van der Waals surface area contributed by atoms with Crippen LogP contribution in [0.4, 0.5) is 4.79 Å². The Hall–Kier alpha value is -2.32. The monoisotopic (exact) mass is 413 g/mol. The van der Waals surface area contributed by atoms with Crippen LogP contribution in [0.25, 0.3) is 0 Å². The van der Waals surface area contributed by atoms with Crippen molar-refractivity contribution in [3.63, 3.8) is 0 Å². The second-order valence-corrected chi connectivity index (χ2v) is 9.00. The molecule has 1 heterocycles. The molecule has 1 fully saturated rings. The maximum Gasteiger partial charge on any atom is 0.408 e. The highest BCUT2D eigenvalue weighted by atomic mass is 16.6. The van der Waals surface area contributed by atoms with E-state index >= 15 is 0 Å². The smallest absolute Gasteiger partial charge is 0.408 e. The van der Waals surface area contributed by atoms with Gasteiger partial charge in [-0.1, -0.05) is 13.8 Å². The number of carbonyl (C=O) groups excluding carboxylic acids is 3. The van der Waals surface area contributed by atoms with Crippen molar-refractivity contribution in [2.45, 2.75) is 78.5 Å². The van der Waals surface area contributed by atoms with E-state index in [9.17, 15) is 24.3 Å². The number of amides is 3. The first-order valence-electron chi connectivity index (χ1n) is 10.1. The number of piperidine rings is 1. The highest BCUT2D eigenvalue weighted by Crippen LogP contribution is 2.19. The number of nitrogens with one attached hydrogen (secondary N) is 2. The second kappa shape index (κ2) is 10.5. The molecule has 1 aliphatic rings. The van der Waals surface area contributed by atoms with Crippen molar-refractivity contribution in [3.8, 4) is 0 Å². The lowest BCUT2D eigenvalue weighted by atomic mass is 9.94. The van der Waals surface area contributed by atoms with Crippen LogP contribution < -0.4 is 10.6 Å². The molecule has 0 aromatic rings. The number of rotatable bonds is 7. The molecule has 9 nitrogen and oxygen atoms in total. The van der Waals surface area contributed by atoms with Crippen LogP contribution in [-0.4, -0.2) is 64.7 Å². The minimum absolute atomic E-state index is 0.148. The molecule has 0 saturated carbocycles. The molecule has 2 atom stereocenters. The molecule has 1 saturated heterocycles. The van der Waals surface area contributed by atoms with Crippen LogP contribution in [0.1, 0.15) is 60.8 Å². The summed E-state index contributed by atoms with van der Waals surface area (Å²) < 4.78 is 5.16. The molecule has 3 N–H and O–H groups in total. The van der Waals surface area contributed by atoms with Gasteiger partial charge in [-0.15, -0.1) is 0 Å². The minimum atomic E-state index is -1.04. The lowest BCUT2D eigenvalue weighted by molar-refractivity contribution is -0.143. The van der Waals surface area contributed by atoms with Gasteiger partial charge >= 0.3 is 12.1 Å². The Morgan fingerprint density at radius 2 is 1.62 bits per heavy atom. The van der Waals surface area contributed by atoms with E-state index in [1.165, 1.54) is 0 Å². The molecule has 1 aliphatic heterocycles. The van der Waals surface area contributed by atoms with Crippen LogP contribution in [0.3, 0.4) is 0 Å². The van der Waals surface area contributed by atoms with Gasteiger partial charge < -0.3 is 25.4 Å². The molecular weight excluding hydrogens is 378 g/mol. The lowest BCUT2D eigenvalue weighted by Gasteiger charge is -2.33. The normalized spacial score (nSPS) is 17.4. The predicted octanol–water partition coefficient (Wildman–Crippen LogP) is 1.75. The third kappa shape index (κ3) is 8.70. The molecule has 9 heteroatoms. The zero-order valence-electron chi connectivity index (χ0n) is 18.3. The topological polar surface area (TPSA) is 125 Å². The summed E-state index contributed by atoms with van der Waals surface area (Å²) in [6, 6.07) is -1.64. The predicted molar refractivity (Wildman–Crippen MR) is 107 cm³/mol. The molecule has 1 rings (SSSR count). The largest absolute Gasteiger partial charge is 0.480 e. The van der Waals surface area contributed by atoms with E-state index in [0.29, 0.717) is 32.4 Å². The van der Waals surface area contributed by atoms with Crippen LogP contribution in [0, 0.1) is 11.8 Å². The number of carboxylic acids is 1. The Morgan fingerprint density at radius 1 is 1.07 bits per heavy atom. The van der Waals surface area contributed by atoms with Gasteiger partial charge in [-0.25, -0.2) is 9.59 Å². The molecule has 0 spiro atoms. The third-order valence-corrected chi connectivity index (χ3v) is 4.60. The summed E-state index contributed by atoms with van der Waals surface area (Å²) >= 11 is 0. The van der Waals surface area contributed by atoms with Gasteiger partial charge in [0.15, 0.2) is 0 Å². The minimum Gasteiger partial charge on any atom is -0.480 e. The Kier molecular flexibility index (Phi) is 8.91. The third-order valence-electron chi connectivity index (χ3n) is 4.60. The molecule has 29 heavy (non-hydrogen) atoms. The summed E-state index contributed by atoms with van der Waals surface area (Å²) in [4.78, 5) is 49.7. The van der Waals surface area contributed by atoms with Gasteiger partial charge in [0.2, 0.25) is 11.8 Å². The van der Waals surface area contributed by atoms with Crippen molar-refractivity contribution in [2.75, 3.05) is 13.1 Å². The Morgan fingerprint density at radius 3 is 2.07 bits per heavy atom. The number of likely N-dealkylation sites (tertiary alicyclic amines) is 1. The summed E-state index contributed by atoms with van der Waals surface area (Å²) in [5.74, 6) is -1.75. The lowest BCUT2D eigenvalue weighted by Crippen LogP contribution is -2.52. The average molecular weight is 414 g/mol. The van der Waals surface area contributed by atoms with Crippen LogP contribution >= 0.6 is 0 Å². The molecule has 166 valence electrons. The van der Waals surface area contributed by atoms with Crippen molar-refractivity contribution in [1.29, 1.82) is 0 Å². The molecule has 0 radical (unpaired) electrons. The Balaban J connectivity index is 2.52. The average Bonchev–Trinajstić information content (AvgIpc) is 2.58. The second-order valence-electron chi connectivity index (χ2n) is 9.00. The van der Waals surface area contributed by atoms with Gasteiger partial charge in [-0.05, 0) is 52.9 Å². The van der Waals surface area contributed by atoms with Crippen molar-refractivity contribution in [2.24, 2.45) is 11.8 Å². The van der Waals surface area contributed by atoms with Crippen molar-refractivity contribution in [3.05, 3.63) is 0 Å². The summed E-state index contributed by atoms with van der Waals surface area (Å²) in [6.45, 7) is 11.4. The number of nitrogens with zero attached hydrogens (tertiary/aromatic N) is 1. The first kappa shape index (κ1) is 24.7. The summed E-state index contributed by atoms with van der Waals surface area (Å²) in [5.41, 5.74) is -0.651. The van der Waals surface area contributed by atoms with E-state index in [2.05, 4.69) is 10.6 Å². The van der Waals surface area contributed by atoms with Crippen LogP contribution in [0.5, 0.6) is 0 Å². The van der Waals surface area contributed by atoms with E-state index in [1.807, 2.05) is 13.8 Å². The molecule has 0 bridgehead atoms. The quantitative estimate of drug-likeness (QED) is 0.584. The van der Waals surface area contributed by atoms with E-state index in [4.69, 9.17) is 4.74 Å². The zero-order valence-corrected chi connectivity index (χ0v) is 18.3. The van der Waals surface area contributed by atoms with Crippen LogP contribution in [0.15, 0.2) is 0 Å². The fraction of sp³-hybridized carbons (Fsp3) is 0.800. The number of carboxylic acid groups (broad SMARTS) is 1. The van der Waals surface area contributed by atoms with Gasteiger partial charge in [0.05, 0.1) is 0 Å². The summed E-state index contributed by atoms with van der Waals surface area (Å²) in [7, 11) is 0. The standard InChI is InChI=1S/C20H35N3O6/c1-12(2)11-15(18(26)27)22-16(24)14-7-9-23(10-8-14)17(25)13(3)21-19(28)29-20(4,5)6/h12-15H,7-11H2,1-6H3,(H,21,28)(H,22,24)(H,26,27)/t13-,15+/m0/s1. The maximum absolute atomic E-state index is 12.5. The fourth-order valence-electron chi connectivity index (χ4n) is 3.16. The molecule has 0 aromatic heterocycles. The van der Waals surface area contributed by atoms with Gasteiger partial charge in [-0.3, -0.25) is 9.59 Å². The van der Waals surface area contributed by atoms with Gasteiger partial charge in [0.25, 0.3) is 0 Å². The number of alkyl carbamates (subject to hydrolysis) is 1. The van der Waals surface area contributed by atoms with E-state index in [0.717, 1.165) is 0 Å². The van der Waals surface area contributed by atoms with Crippen LogP contribution in [0.2, 0.25) is 0 Å². The first-order chi connectivity index (χ1) is 13.3. The SMILES string of the molecule is CC(C)C[C@@H](NC(=O)C1CCN(C(=O)[C@H](C)NC(=O)OC(C)(C)C)CC1)C(=O)O. The summed E-state index contributed by atoms with van der Waals surface area (Å²) in [6.07, 6.45) is 0.611. The number of ether oxygens (including phenoxy) is 1. The molecular formula is C20H35N3O6. The highest BCUT2D eigenvalue weighted by Gasteiger charge is 2.32. The molecule has 0 unspecified atom stereocenters. The van der Waals surface area contributed by atoms with E-state index < -0.39 is 29.7 Å². The van der Waals surface area contributed by atoms with E-state index in [-0.39, 0.29) is 23.7 Å². The molecule has 3 amide bonds. The van der Waals surface area contributed by atoms with Crippen molar-refractivity contribution < 1.29 is 29.0 Å². The maximum atomic E-state index is 12.5. The zero-order chi connectivity index (χ0) is 22.4. The fourth-order valence-corrected chi connectivity index (χ4v) is 3.16. The Labute approximate surface area is 172 Å². The van der Waals surface area contributed by atoms with Gasteiger partial charge in [0, 0.05) is 19.0 Å². The van der Waals surface area contributed by atoms with Gasteiger partial charge in [0.1, 0.15) is 17.7 Å². The van der Waals surface area contributed by atoms with Crippen LogP contribution in [-0.2, 0) is 19.1 Å². The van der Waals surface area contributed by atoms with Gasteiger partial charge in [-0.2, -0.15) is 0 Å². The first-order valence-corrected chi connectivity index (χ1v) is 10.1. The number of hydrogen-bond donors (Lipinski definition) is 3.